The van der Waals surface area contributed by atoms with Crippen molar-refractivity contribution in [3.05, 3.63) is 63.2 Å². The molecule has 0 aromatic heterocycles. The van der Waals surface area contributed by atoms with E-state index in [0.29, 0.717) is 13.0 Å². The highest BCUT2D eigenvalue weighted by molar-refractivity contribution is 6.30. The molecular formula is C17H15ClN2O5. The van der Waals surface area contributed by atoms with Gasteiger partial charge in [0.05, 0.1) is 17.6 Å². The number of para-hydroxylation sites is 1. The SMILES string of the molecule is O=C(COc1ccc(Cl)cc1[N+](=O)[O-])NC1CCOc2ccccc21. The predicted octanol–water partition coefficient (Wildman–Crippen LogP) is 3.27. The van der Waals surface area contributed by atoms with Crippen LogP contribution in [0.2, 0.25) is 5.02 Å². The number of fused-ring (bicyclic) bond motifs is 1. The summed E-state index contributed by atoms with van der Waals surface area (Å²) >= 11 is 5.75. The number of rotatable bonds is 5. The molecule has 1 atom stereocenters. The van der Waals surface area contributed by atoms with Gasteiger partial charge in [-0.2, -0.15) is 0 Å². The maximum Gasteiger partial charge on any atom is 0.312 e. The van der Waals surface area contributed by atoms with E-state index in [1.165, 1.54) is 18.2 Å². The number of ether oxygens (including phenoxy) is 2. The molecule has 0 bridgehead atoms. The lowest BCUT2D eigenvalue weighted by molar-refractivity contribution is -0.385. The molecule has 8 heteroatoms. The van der Waals surface area contributed by atoms with Gasteiger partial charge in [0.15, 0.2) is 12.4 Å². The van der Waals surface area contributed by atoms with Crippen LogP contribution in [0.5, 0.6) is 11.5 Å². The topological polar surface area (TPSA) is 90.7 Å². The molecule has 130 valence electrons. The Bertz CT molecular complexity index is 811. The van der Waals surface area contributed by atoms with E-state index in [1.54, 1.807) is 0 Å². The molecule has 2 aromatic carbocycles. The number of nitrogens with one attached hydrogen (secondary N) is 1. The number of nitrogens with zero attached hydrogens (tertiary/aromatic N) is 1. The monoisotopic (exact) mass is 362 g/mol. The van der Waals surface area contributed by atoms with Gasteiger partial charge in [0.1, 0.15) is 5.75 Å². The number of halogens is 1. The fourth-order valence-electron chi connectivity index (χ4n) is 2.63. The molecule has 2 aromatic rings. The van der Waals surface area contributed by atoms with Crippen LogP contribution in [-0.4, -0.2) is 24.0 Å². The van der Waals surface area contributed by atoms with E-state index in [9.17, 15) is 14.9 Å². The maximum atomic E-state index is 12.2. The van der Waals surface area contributed by atoms with Crippen molar-refractivity contribution in [1.29, 1.82) is 0 Å². The average molecular weight is 363 g/mol. The van der Waals surface area contributed by atoms with E-state index < -0.39 is 4.92 Å². The summed E-state index contributed by atoms with van der Waals surface area (Å²) in [5.41, 5.74) is 0.622. The van der Waals surface area contributed by atoms with Crippen LogP contribution in [0.25, 0.3) is 0 Å². The number of benzene rings is 2. The predicted molar refractivity (Wildman–Crippen MR) is 91.0 cm³/mol. The third-order valence-electron chi connectivity index (χ3n) is 3.77. The van der Waals surface area contributed by atoms with Crippen molar-refractivity contribution < 1.29 is 19.2 Å². The zero-order valence-corrected chi connectivity index (χ0v) is 13.9. The summed E-state index contributed by atoms with van der Waals surface area (Å²) in [6, 6.07) is 11.3. The fraction of sp³-hybridized carbons (Fsp3) is 0.235. The second-order valence-electron chi connectivity index (χ2n) is 5.45. The van der Waals surface area contributed by atoms with E-state index in [1.807, 2.05) is 24.3 Å². The van der Waals surface area contributed by atoms with Gasteiger partial charge in [0.2, 0.25) is 0 Å². The van der Waals surface area contributed by atoms with Crippen LogP contribution in [0.4, 0.5) is 5.69 Å². The lowest BCUT2D eigenvalue weighted by atomic mass is 10.0. The minimum Gasteiger partial charge on any atom is -0.493 e. The van der Waals surface area contributed by atoms with Crippen molar-refractivity contribution in [2.75, 3.05) is 13.2 Å². The maximum absolute atomic E-state index is 12.2. The zero-order valence-electron chi connectivity index (χ0n) is 13.1. The Morgan fingerprint density at radius 1 is 1.36 bits per heavy atom. The van der Waals surface area contributed by atoms with Crippen molar-refractivity contribution in [3.63, 3.8) is 0 Å². The first-order valence-electron chi connectivity index (χ1n) is 7.62. The summed E-state index contributed by atoms with van der Waals surface area (Å²) in [6.45, 7) is 0.174. The third-order valence-corrected chi connectivity index (χ3v) is 4.01. The number of nitro groups is 1. The Balaban J connectivity index is 1.64. The largest absolute Gasteiger partial charge is 0.493 e. The van der Waals surface area contributed by atoms with Crippen LogP contribution in [-0.2, 0) is 4.79 Å². The average Bonchev–Trinajstić information content (AvgIpc) is 2.61. The summed E-state index contributed by atoms with van der Waals surface area (Å²) < 4.78 is 10.8. The fourth-order valence-corrected chi connectivity index (χ4v) is 2.79. The molecule has 1 heterocycles. The molecule has 0 saturated heterocycles. The van der Waals surface area contributed by atoms with Crippen LogP contribution in [0.3, 0.4) is 0 Å². The highest BCUT2D eigenvalue weighted by Crippen LogP contribution is 2.32. The van der Waals surface area contributed by atoms with Crippen LogP contribution < -0.4 is 14.8 Å². The molecule has 25 heavy (non-hydrogen) atoms. The van der Waals surface area contributed by atoms with Gasteiger partial charge in [0.25, 0.3) is 5.91 Å². The number of nitro benzene ring substituents is 1. The standard InChI is InChI=1S/C17H15ClN2O5/c18-11-5-6-16(14(9-11)20(22)23)25-10-17(21)19-13-7-8-24-15-4-2-1-3-12(13)15/h1-6,9,13H,7-8,10H2,(H,19,21). The quantitative estimate of drug-likeness (QED) is 0.651. The molecule has 1 N–H and O–H groups in total. The number of hydrogen-bond acceptors (Lipinski definition) is 5. The van der Waals surface area contributed by atoms with Gasteiger partial charge < -0.3 is 14.8 Å². The minimum absolute atomic E-state index is 0.00284. The van der Waals surface area contributed by atoms with Crippen molar-refractivity contribution in [1.82, 2.24) is 5.32 Å². The first-order valence-corrected chi connectivity index (χ1v) is 8.00. The van der Waals surface area contributed by atoms with Gasteiger partial charge in [-0.05, 0) is 18.2 Å². The Morgan fingerprint density at radius 3 is 2.96 bits per heavy atom. The second-order valence-corrected chi connectivity index (χ2v) is 5.89. The second kappa shape index (κ2) is 7.40. The summed E-state index contributed by atoms with van der Waals surface area (Å²) in [6.07, 6.45) is 0.643. The van der Waals surface area contributed by atoms with E-state index in [4.69, 9.17) is 21.1 Å². The Labute approximate surface area is 148 Å². The first-order chi connectivity index (χ1) is 12.0. The highest BCUT2D eigenvalue weighted by Gasteiger charge is 2.23. The number of amides is 1. The van der Waals surface area contributed by atoms with Crippen molar-refractivity contribution in [2.45, 2.75) is 12.5 Å². The Kier molecular flexibility index (Phi) is 5.04. The molecule has 0 fully saturated rings. The molecule has 7 nitrogen and oxygen atoms in total. The van der Waals surface area contributed by atoms with Crippen molar-refractivity contribution in [2.24, 2.45) is 0 Å². The smallest absolute Gasteiger partial charge is 0.312 e. The first kappa shape index (κ1) is 17.0. The van der Waals surface area contributed by atoms with Gasteiger partial charge in [0, 0.05) is 23.1 Å². The van der Waals surface area contributed by atoms with Gasteiger partial charge in [-0.3, -0.25) is 14.9 Å². The molecular weight excluding hydrogens is 348 g/mol. The van der Waals surface area contributed by atoms with Crippen molar-refractivity contribution in [3.8, 4) is 11.5 Å². The molecule has 1 aliphatic rings. The van der Waals surface area contributed by atoms with E-state index >= 15 is 0 Å². The molecule has 0 radical (unpaired) electrons. The lowest BCUT2D eigenvalue weighted by Gasteiger charge is -2.26. The summed E-state index contributed by atoms with van der Waals surface area (Å²) in [4.78, 5) is 22.6. The van der Waals surface area contributed by atoms with E-state index in [2.05, 4.69) is 5.32 Å². The highest BCUT2D eigenvalue weighted by atomic mass is 35.5. The van der Waals surface area contributed by atoms with Crippen LogP contribution >= 0.6 is 11.6 Å². The third kappa shape index (κ3) is 4.00. The normalized spacial score (nSPS) is 15.6. The van der Waals surface area contributed by atoms with Gasteiger partial charge >= 0.3 is 5.69 Å². The molecule has 1 unspecified atom stereocenters. The molecule has 3 rings (SSSR count). The Morgan fingerprint density at radius 2 is 2.16 bits per heavy atom. The molecule has 0 saturated carbocycles. The van der Waals surface area contributed by atoms with Gasteiger partial charge in [-0.25, -0.2) is 0 Å². The lowest BCUT2D eigenvalue weighted by Crippen LogP contribution is -2.35. The molecule has 1 amide bonds. The van der Waals surface area contributed by atoms with Crippen molar-refractivity contribution >= 4 is 23.2 Å². The number of hydrogen-bond donors (Lipinski definition) is 1. The van der Waals surface area contributed by atoms with Crippen LogP contribution in [0.15, 0.2) is 42.5 Å². The van der Waals surface area contributed by atoms with Gasteiger partial charge in [-0.15, -0.1) is 0 Å². The number of carbonyl (C=O) groups is 1. The molecule has 0 aliphatic carbocycles. The van der Waals surface area contributed by atoms with Crippen LogP contribution in [0.1, 0.15) is 18.0 Å². The number of carbonyl (C=O) groups excluding carboxylic acids is 1. The summed E-state index contributed by atoms with van der Waals surface area (Å²) in [5.74, 6) is 0.371. The van der Waals surface area contributed by atoms with Gasteiger partial charge in [-0.1, -0.05) is 29.8 Å². The zero-order chi connectivity index (χ0) is 17.8. The summed E-state index contributed by atoms with van der Waals surface area (Å²) in [5, 5.41) is 14.1. The minimum atomic E-state index is -0.603. The molecule has 0 spiro atoms. The molecule has 1 aliphatic heterocycles. The summed E-state index contributed by atoms with van der Waals surface area (Å²) in [7, 11) is 0. The van der Waals surface area contributed by atoms with E-state index in [-0.39, 0.29) is 35.0 Å². The Hall–Kier alpha value is -2.80. The van der Waals surface area contributed by atoms with E-state index in [0.717, 1.165) is 11.3 Å². The van der Waals surface area contributed by atoms with Crippen LogP contribution in [0, 0.1) is 10.1 Å².